The second-order valence-corrected chi connectivity index (χ2v) is 10.5. The third-order valence-electron chi connectivity index (χ3n) is 4.92. The van der Waals surface area contributed by atoms with E-state index < -0.39 is 11.4 Å². The zero-order valence-corrected chi connectivity index (χ0v) is 17.4. The molecule has 5 nitrogen and oxygen atoms in total. The van der Waals surface area contributed by atoms with Gasteiger partial charge in [-0.25, -0.2) is 4.98 Å². The van der Waals surface area contributed by atoms with Crippen LogP contribution in [0.2, 0.25) is 0 Å². The Morgan fingerprint density at radius 3 is 2.62 bits per heavy atom. The molecule has 2 unspecified atom stereocenters. The topological polar surface area (TPSA) is 70.0 Å². The molecule has 0 aliphatic heterocycles. The molecular formula is C20H29N3O2S. The Morgan fingerprint density at radius 2 is 2.04 bits per heavy atom. The summed E-state index contributed by atoms with van der Waals surface area (Å²) in [5.74, 6) is 1.50. The van der Waals surface area contributed by atoms with Crippen molar-refractivity contribution >= 4 is 22.3 Å². The molecule has 1 aromatic heterocycles. The van der Waals surface area contributed by atoms with Gasteiger partial charge in [-0.15, -0.1) is 4.72 Å². The van der Waals surface area contributed by atoms with Crippen molar-refractivity contribution in [2.45, 2.75) is 64.7 Å². The first-order valence-corrected chi connectivity index (χ1v) is 10.4. The van der Waals surface area contributed by atoms with Crippen LogP contribution >= 0.6 is 0 Å². The molecule has 1 aromatic carbocycles. The molecule has 0 bridgehead atoms. The maximum absolute atomic E-state index is 12.9. The predicted molar refractivity (Wildman–Crippen MR) is 108 cm³/mol. The number of aromatic nitrogens is 2. The number of benzene rings is 1. The van der Waals surface area contributed by atoms with Gasteiger partial charge < -0.3 is 4.55 Å². The van der Waals surface area contributed by atoms with E-state index in [0.717, 1.165) is 28.9 Å². The standard InChI is InChI=1S/C20H29N3O2S/c1-12-9-15(13(2)22-26(25)20(3,4)5)18-16(10-12)19(24)23(6)17(21-18)11-14-7-8-14/h9-10,13-14,22H,7-8,11H2,1-6H3. The van der Waals surface area contributed by atoms with Crippen LogP contribution in [0.1, 0.15) is 63.5 Å². The third kappa shape index (κ3) is 3.97. The monoisotopic (exact) mass is 375 g/mol. The maximum Gasteiger partial charge on any atom is 0.261 e. The Kier molecular flexibility index (Phi) is 5.21. The van der Waals surface area contributed by atoms with E-state index >= 15 is 0 Å². The summed E-state index contributed by atoms with van der Waals surface area (Å²) in [4.78, 5) is 17.8. The van der Waals surface area contributed by atoms with Crippen LogP contribution in [0.3, 0.4) is 0 Å². The molecule has 1 fully saturated rings. The molecule has 0 spiro atoms. The number of nitrogens with one attached hydrogen (secondary N) is 1. The Morgan fingerprint density at radius 1 is 1.38 bits per heavy atom. The summed E-state index contributed by atoms with van der Waals surface area (Å²) in [6, 6.07) is 3.79. The average molecular weight is 376 g/mol. The van der Waals surface area contributed by atoms with Crippen LogP contribution in [0.5, 0.6) is 0 Å². The summed E-state index contributed by atoms with van der Waals surface area (Å²) in [6.07, 6.45) is 3.29. The van der Waals surface area contributed by atoms with Crippen molar-refractivity contribution in [1.82, 2.24) is 14.3 Å². The molecule has 0 radical (unpaired) electrons. The fraction of sp³-hybridized carbons (Fsp3) is 0.600. The highest BCUT2D eigenvalue weighted by atomic mass is 32.2. The Hall–Kier alpha value is -1.37. The molecule has 1 aliphatic rings. The highest BCUT2D eigenvalue weighted by molar-refractivity contribution is 7.90. The normalized spacial score (nSPS) is 17.5. The van der Waals surface area contributed by atoms with Crippen LogP contribution < -0.4 is 10.3 Å². The number of hydrogen-bond acceptors (Lipinski definition) is 4. The lowest BCUT2D eigenvalue weighted by Gasteiger charge is -2.27. The zero-order valence-electron chi connectivity index (χ0n) is 16.5. The summed E-state index contributed by atoms with van der Waals surface area (Å²) in [5.41, 5.74) is 2.68. The van der Waals surface area contributed by atoms with E-state index in [1.807, 2.05) is 53.8 Å². The van der Waals surface area contributed by atoms with Gasteiger partial charge in [0.25, 0.3) is 5.56 Å². The van der Waals surface area contributed by atoms with Gasteiger partial charge in [0.05, 0.1) is 16.9 Å². The minimum atomic E-state index is -1.19. The van der Waals surface area contributed by atoms with Crippen LogP contribution in [0, 0.1) is 12.8 Å². The van der Waals surface area contributed by atoms with Gasteiger partial charge in [-0.1, -0.05) is 6.07 Å². The van der Waals surface area contributed by atoms with Gasteiger partial charge in [-0.2, -0.15) is 0 Å². The fourth-order valence-corrected chi connectivity index (χ4v) is 3.89. The van der Waals surface area contributed by atoms with Crippen molar-refractivity contribution in [3.8, 4) is 0 Å². The highest BCUT2D eigenvalue weighted by Gasteiger charge is 2.30. The Bertz CT molecular complexity index is 881. The van der Waals surface area contributed by atoms with Crippen molar-refractivity contribution < 1.29 is 4.55 Å². The molecule has 1 aliphatic carbocycles. The van der Waals surface area contributed by atoms with Gasteiger partial charge in [0.1, 0.15) is 10.6 Å². The van der Waals surface area contributed by atoms with E-state index in [4.69, 9.17) is 4.98 Å². The van der Waals surface area contributed by atoms with Crippen LogP contribution in [0.25, 0.3) is 10.9 Å². The maximum atomic E-state index is 12.9. The fourth-order valence-electron chi connectivity index (χ4n) is 3.09. The largest absolute Gasteiger partial charge is 0.598 e. The second-order valence-electron chi connectivity index (χ2n) is 8.51. The van der Waals surface area contributed by atoms with Crippen molar-refractivity contribution in [2.75, 3.05) is 0 Å². The lowest BCUT2D eigenvalue weighted by Crippen LogP contribution is -2.40. The summed E-state index contributed by atoms with van der Waals surface area (Å²) < 4.78 is 17.0. The number of hydrogen-bond donors (Lipinski definition) is 1. The average Bonchev–Trinajstić information content (AvgIpc) is 3.35. The molecule has 26 heavy (non-hydrogen) atoms. The zero-order chi connectivity index (χ0) is 19.2. The summed E-state index contributed by atoms with van der Waals surface area (Å²) in [7, 11) is 1.81. The lowest BCUT2D eigenvalue weighted by atomic mass is 10.0. The van der Waals surface area contributed by atoms with Crippen molar-refractivity contribution in [3.63, 3.8) is 0 Å². The molecule has 6 heteroatoms. The minimum absolute atomic E-state index is 0.000237. The smallest absolute Gasteiger partial charge is 0.261 e. The number of nitrogens with zero attached hydrogens (tertiary/aromatic N) is 2. The quantitative estimate of drug-likeness (QED) is 0.814. The van der Waals surface area contributed by atoms with E-state index in [2.05, 4.69) is 4.72 Å². The Balaban J connectivity index is 2.08. The molecule has 1 N–H and O–H groups in total. The molecule has 142 valence electrons. The third-order valence-corrected chi connectivity index (χ3v) is 6.60. The summed E-state index contributed by atoms with van der Waals surface area (Å²) in [5, 5.41) is 0.636. The first-order chi connectivity index (χ1) is 12.1. The van der Waals surface area contributed by atoms with Gasteiger partial charge in [0, 0.05) is 30.4 Å². The molecule has 0 amide bonds. The van der Waals surface area contributed by atoms with E-state index in [0.29, 0.717) is 11.3 Å². The van der Waals surface area contributed by atoms with Crippen LogP contribution in [0.4, 0.5) is 0 Å². The van der Waals surface area contributed by atoms with Crippen molar-refractivity contribution in [1.29, 1.82) is 0 Å². The second kappa shape index (κ2) is 6.98. The first-order valence-electron chi connectivity index (χ1n) is 9.26. The first kappa shape index (κ1) is 19.4. The van der Waals surface area contributed by atoms with Gasteiger partial charge in [-0.05, 0) is 65.0 Å². The number of fused-ring (bicyclic) bond motifs is 1. The van der Waals surface area contributed by atoms with E-state index in [9.17, 15) is 9.35 Å². The number of rotatable bonds is 5. The minimum Gasteiger partial charge on any atom is -0.598 e. The Labute approximate surface area is 158 Å². The summed E-state index contributed by atoms with van der Waals surface area (Å²) in [6.45, 7) is 9.79. The molecule has 0 saturated heterocycles. The predicted octanol–water partition coefficient (Wildman–Crippen LogP) is 3.31. The van der Waals surface area contributed by atoms with Crippen LogP contribution in [0.15, 0.2) is 16.9 Å². The van der Waals surface area contributed by atoms with E-state index in [-0.39, 0.29) is 16.3 Å². The SMILES string of the molecule is Cc1cc(C(C)N[S+]([O-])C(C)(C)C)c2nc(CC3CC3)n(C)c(=O)c2c1. The van der Waals surface area contributed by atoms with E-state index in [1.54, 1.807) is 4.57 Å². The number of aryl methyl sites for hydroxylation is 1. The van der Waals surface area contributed by atoms with Crippen LogP contribution in [-0.2, 0) is 24.8 Å². The summed E-state index contributed by atoms with van der Waals surface area (Å²) >= 11 is -1.19. The van der Waals surface area contributed by atoms with E-state index in [1.165, 1.54) is 12.8 Å². The van der Waals surface area contributed by atoms with Crippen molar-refractivity contribution in [2.24, 2.45) is 13.0 Å². The molecular weight excluding hydrogens is 346 g/mol. The highest BCUT2D eigenvalue weighted by Crippen LogP contribution is 2.32. The lowest BCUT2D eigenvalue weighted by molar-refractivity contribution is 0.531. The van der Waals surface area contributed by atoms with Crippen LogP contribution in [-0.4, -0.2) is 18.9 Å². The van der Waals surface area contributed by atoms with Gasteiger partial charge in [0.2, 0.25) is 0 Å². The molecule has 2 atom stereocenters. The molecule has 1 saturated carbocycles. The van der Waals surface area contributed by atoms with Gasteiger partial charge >= 0.3 is 0 Å². The molecule has 3 rings (SSSR count). The van der Waals surface area contributed by atoms with Gasteiger partial charge in [-0.3, -0.25) is 9.36 Å². The van der Waals surface area contributed by atoms with Gasteiger partial charge in [0.15, 0.2) is 0 Å². The molecule has 1 heterocycles. The van der Waals surface area contributed by atoms with Crippen molar-refractivity contribution in [3.05, 3.63) is 39.4 Å². The molecule has 2 aromatic rings.